The molecule has 0 radical (unpaired) electrons. The molecule has 2 aromatic rings. The van der Waals surface area contributed by atoms with Crippen molar-refractivity contribution in [1.29, 1.82) is 5.41 Å². The highest BCUT2D eigenvalue weighted by Crippen LogP contribution is 2.32. The van der Waals surface area contributed by atoms with Crippen molar-refractivity contribution in [3.63, 3.8) is 0 Å². The largest absolute Gasteiger partial charge is 0.485 e. The van der Waals surface area contributed by atoms with E-state index in [2.05, 4.69) is 6.92 Å². The molecule has 0 aromatic heterocycles. The Morgan fingerprint density at radius 1 is 1.19 bits per heavy atom. The first kappa shape index (κ1) is 15.4. The number of ether oxygens (including phenoxy) is 1. The number of nitrogens with one attached hydrogen (secondary N) is 1. The van der Waals surface area contributed by atoms with Crippen LogP contribution in [0.1, 0.15) is 31.1 Å². The maximum atomic E-state index is 7.83. The van der Waals surface area contributed by atoms with Crippen molar-refractivity contribution in [1.82, 2.24) is 0 Å². The average Bonchev–Trinajstić information content (AvgIpc) is 2.48. The highest BCUT2D eigenvalue weighted by atomic mass is 32.2. The number of amidine groups is 1. The molecule has 0 amide bonds. The van der Waals surface area contributed by atoms with Crippen LogP contribution in [-0.4, -0.2) is 11.6 Å². The van der Waals surface area contributed by atoms with Gasteiger partial charge in [0.1, 0.15) is 17.7 Å². The number of nitrogens with two attached hydrogens (primary N) is 1. The van der Waals surface area contributed by atoms with Crippen LogP contribution in [0, 0.1) is 5.41 Å². The molecular formula is C17H20N2OS. The summed E-state index contributed by atoms with van der Waals surface area (Å²) in [7, 11) is 0. The second-order valence-corrected chi connectivity index (χ2v) is 5.95. The van der Waals surface area contributed by atoms with E-state index in [-0.39, 0.29) is 11.9 Å². The minimum atomic E-state index is -0.0915. The van der Waals surface area contributed by atoms with Gasteiger partial charge in [-0.05, 0) is 30.4 Å². The minimum Gasteiger partial charge on any atom is -0.485 e. The van der Waals surface area contributed by atoms with E-state index in [0.717, 1.165) is 16.2 Å². The fourth-order valence-corrected chi connectivity index (χ4v) is 2.97. The maximum Gasteiger partial charge on any atom is 0.132 e. The van der Waals surface area contributed by atoms with Crippen molar-refractivity contribution in [2.45, 2.75) is 24.8 Å². The molecule has 2 aromatic carbocycles. The Kier molecular flexibility index (Phi) is 5.28. The molecule has 1 unspecified atom stereocenters. The summed E-state index contributed by atoms with van der Waals surface area (Å²) in [6.45, 7) is 4.08. The van der Waals surface area contributed by atoms with E-state index in [1.807, 2.05) is 55.5 Å². The summed E-state index contributed by atoms with van der Waals surface area (Å²) in [4.78, 5) is 0.989. The Labute approximate surface area is 130 Å². The molecule has 0 aliphatic heterocycles. The van der Waals surface area contributed by atoms with Crippen LogP contribution >= 0.6 is 11.8 Å². The summed E-state index contributed by atoms with van der Waals surface area (Å²) >= 11 is 1.67. The number of hydrogen-bond donors (Lipinski definition) is 2. The molecular weight excluding hydrogens is 280 g/mol. The molecule has 0 saturated carbocycles. The van der Waals surface area contributed by atoms with Gasteiger partial charge in [0.25, 0.3) is 0 Å². The van der Waals surface area contributed by atoms with Gasteiger partial charge in [-0.2, -0.15) is 0 Å². The molecule has 3 nitrogen and oxygen atoms in total. The standard InChI is InChI=1S/C17H20N2OS/c1-3-21-15-11-7-10-14(16(15)17(18)19)20-12(2)13-8-5-4-6-9-13/h4-12H,3H2,1-2H3,(H3,18,19). The lowest BCUT2D eigenvalue weighted by Crippen LogP contribution is -2.15. The monoisotopic (exact) mass is 300 g/mol. The third-order valence-corrected chi connectivity index (χ3v) is 4.07. The van der Waals surface area contributed by atoms with Gasteiger partial charge in [-0.3, -0.25) is 5.41 Å². The molecule has 2 rings (SSSR count). The van der Waals surface area contributed by atoms with E-state index in [9.17, 15) is 0 Å². The Hall–Kier alpha value is -1.94. The van der Waals surface area contributed by atoms with Gasteiger partial charge in [0.05, 0.1) is 5.56 Å². The summed E-state index contributed by atoms with van der Waals surface area (Å²) in [5.74, 6) is 1.64. The highest BCUT2D eigenvalue weighted by molar-refractivity contribution is 7.99. The average molecular weight is 300 g/mol. The third-order valence-electron chi connectivity index (χ3n) is 3.13. The molecule has 0 spiro atoms. The lowest BCUT2D eigenvalue weighted by atomic mass is 10.1. The van der Waals surface area contributed by atoms with Gasteiger partial charge in [-0.25, -0.2) is 0 Å². The first-order chi connectivity index (χ1) is 10.1. The van der Waals surface area contributed by atoms with E-state index < -0.39 is 0 Å². The number of hydrogen-bond acceptors (Lipinski definition) is 3. The molecule has 4 heteroatoms. The first-order valence-electron chi connectivity index (χ1n) is 6.95. The van der Waals surface area contributed by atoms with E-state index in [4.69, 9.17) is 15.9 Å². The Bertz CT molecular complexity index is 613. The van der Waals surface area contributed by atoms with E-state index in [1.165, 1.54) is 0 Å². The smallest absolute Gasteiger partial charge is 0.132 e. The van der Waals surface area contributed by atoms with Crippen LogP contribution in [0.25, 0.3) is 0 Å². The Morgan fingerprint density at radius 3 is 2.52 bits per heavy atom. The minimum absolute atomic E-state index is 0.0433. The van der Waals surface area contributed by atoms with Crippen molar-refractivity contribution in [3.8, 4) is 5.75 Å². The van der Waals surface area contributed by atoms with Crippen molar-refractivity contribution >= 4 is 17.6 Å². The van der Waals surface area contributed by atoms with E-state index >= 15 is 0 Å². The molecule has 0 aliphatic rings. The number of benzene rings is 2. The first-order valence-corrected chi connectivity index (χ1v) is 7.93. The predicted molar refractivity (Wildman–Crippen MR) is 89.3 cm³/mol. The fraction of sp³-hybridized carbons (Fsp3) is 0.235. The fourth-order valence-electron chi connectivity index (χ4n) is 2.13. The number of nitrogen functional groups attached to an aromatic ring is 1. The molecule has 0 fully saturated rings. The second-order valence-electron chi connectivity index (χ2n) is 4.65. The molecule has 110 valence electrons. The van der Waals surface area contributed by atoms with E-state index in [0.29, 0.717) is 11.3 Å². The molecule has 0 saturated heterocycles. The van der Waals surface area contributed by atoms with Gasteiger partial charge < -0.3 is 10.5 Å². The van der Waals surface area contributed by atoms with Crippen molar-refractivity contribution in [3.05, 3.63) is 59.7 Å². The van der Waals surface area contributed by atoms with Gasteiger partial charge in [-0.1, -0.05) is 43.3 Å². The van der Waals surface area contributed by atoms with Crippen LogP contribution in [0.5, 0.6) is 5.75 Å². The summed E-state index contributed by atoms with van der Waals surface area (Å²) in [6.07, 6.45) is -0.0915. The zero-order valence-electron chi connectivity index (χ0n) is 12.3. The molecule has 1 atom stereocenters. The van der Waals surface area contributed by atoms with Gasteiger partial charge >= 0.3 is 0 Å². The molecule has 0 aliphatic carbocycles. The number of rotatable bonds is 6. The van der Waals surface area contributed by atoms with Gasteiger partial charge in [0.2, 0.25) is 0 Å². The second kappa shape index (κ2) is 7.18. The lowest BCUT2D eigenvalue weighted by molar-refractivity contribution is 0.226. The molecule has 21 heavy (non-hydrogen) atoms. The summed E-state index contributed by atoms with van der Waals surface area (Å²) in [5.41, 5.74) is 7.53. The van der Waals surface area contributed by atoms with Crippen molar-refractivity contribution in [2.75, 3.05) is 5.75 Å². The van der Waals surface area contributed by atoms with Gasteiger partial charge in [0.15, 0.2) is 0 Å². The van der Waals surface area contributed by atoms with Crippen LogP contribution in [0.2, 0.25) is 0 Å². The van der Waals surface area contributed by atoms with Crippen LogP contribution in [0.3, 0.4) is 0 Å². The van der Waals surface area contributed by atoms with E-state index in [1.54, 1.807) is 11.8 Å². The van der Waals surface area contributed by atoms with Crippen LogP contribution < -0.4 is 10.5 Å². The van der Waals surface area contributed by atoms with Crippen molar-refractivity contribution in [2.24, 2.45) is 5.73 Å². The summed E-state index contributed by atoms with van der Waals surface area (Å²) in [5, 5.41) is 7.83. The Balaban J connectivity index is 2.31. The Morgan fingerprint density at radius 2 is 1.90 bits per heavy atom. The summed E-state index contributed by atoms with van der Waals surface area (Å²) in [6, 6.07) is 15.8. The zero-order chi connectivity index (χ0) is 15.2. The lowest BCUT2D eigenvalue weighted by Gasteiger charge is -2.19. The zero-order valence-corrected chi connectivity index (χ0v) is 13.1. The highest BCUT2D eigenvalue weighted by Gasteiger charge is 2.15. The van der Waals surface area contributed by atoms with Crippen LogP contribution in [0.15, 0.2) is 53.4 Å². The maximum absolute atomic E-state index is 7.83. The van der Waals surface area contributed by atoms with Crippen molar-refractivity contribution < 1.29 is 4.74 Å². The SMILES string of the molecule is CCSc1cccc(OC(C)c2ccccc2)c1C(=N)N. The van der Waals surface area contributed by atoms with Gasteiger partial charge in [-0.15, -0.1) is 11.8 Å². The van der Waals surface area contributed by atoms with Crippen LogP contribution in [-0.2, 0) is 0 Å². The quantitative estimate of drug-likeness (QED) is 0.477. The molecule has 3 N–H and O–H groups in total. The third kappa shape index (κ3) is 3.79. The normalized spacial score (nSPS) is 11.9. The van der Waals surface area contributed by atoms with Crippen LogP contribution in [0.4, 0.5) is 0 Å². The molecule has 0 bridgehead atoms. The van der Waals surface area contributed by atoms with Gasteiger partial charge in [0, 0.05) is 4.90 Å². The topological polar surface area (TPSA) is 59.1 Å². The predicted octanol–water partition coefficient (Wildman–Crippen LogP) is 4.22. The summed E-state index contributed by atoms with van der Waals surface area (Å²) < 4.78 is 6.05. The molecule has 0 heterocycles. The number of thioether (sulfide) groups is 1.